The van der Waals surface area contributed by atoms with Crippen LogP contribution in [0, 0.1) is 6.92 Å². The first-order valence-electron chi connectivity index (χ1n) is 6.37. The van der Waals surface area contributed by atoms with E-state index in [1.54, 1.807) is 4.68 Å². The van der Waals surface area contributed by atoms with Gasteiger partial charge in [-0.3, -0.25) is 4.98 Å². The average Bonchev–Trinajstić information content (AvgIpc) is 2.81. The molecule has 0 aliphatic heterocycles. The van der Waals surface area contributed by atoms with Crippen LogP contribution in [-0.4, -0.2) is 26.3 Å². The number of aldehydes is 1. The number of pyridine rings is 1. The lowest BCUT2D eigenvalue weighted by Crippen LogP contribution is -2.05. The van der Waals surface area contributed by atoms with E-state index in [0.717, 1.165) is 34.3 Å². The van der Waals surface area contributed by atoms with Crippen molar-refractivity contribution in [2.24, 2.45) is 7.05 Å². The molecule has 5 heteroatoms. The monoisotopic (exact) mass is 266 g/mol. The Balaban J connectivity index is 2.11. The second-order valence-electron chi connectivity index (χ2n) is 4.78. The molecule has 1 aromatic carbocycles. The molecule has 20 heavy (non-hydrogen) atoms. The largest absolute Gasteiger partial charge is 0.302 e. The summed E-state index contributed by atoms with van der Waals surface area (Å²) < 4.78 is 1.70. The van der Waals surface area contributed by atoms with Crippen molar-refractivity contribution in [3.63, 3.8) is 0 Å². The molecule has 0 N–H and O–H groups in total. The van der Waals surface area contributed by atoms with E-state index in [0.29, 0.717) is 0 Å². The third-order valence-corrected chi connectivity index (χ3v) is 3.36. The lowest BCUT2D eigenvalue weighted by atomic mass is 9.96. The van der Waals surface area contributed by atoms with Crippen LogP contribution in [-0.2, 0) is 11.8 Å². The number of rotatable bonds is 3. The summed E-state index contributed by atoms with van der Waals surface area (Å²) in [6.07, 6.45) is 0.923. The van der Waals surface area contributed by atoms with Crippen LogP contribution < -0.4 is 0 Å². The van der Waals surface area contributed by atoms with Crippen molar-refractivity contribution in [3.8, 4) is 0 Å². The molecule has 2 heterocycles. The first-order valence-corrected chi connectivity index (χ1v) is 6.37. The lowest BCUT2D eigenvalue weighted by molar-refractivity contribution is -0.108. The number of carbonyl (C=O) groups excluding carboxylic acids is 1. The molecule has 0 aliphatic rings. The molecule has 3 aromatic rings. The molecular formula is C15H14N4O. The molecule has 0 saturated carbocycles. The highest BCUT2D eigenvalue weighted by atomic mass is 16.1. The molecule has 5 nitrogen and oxygen atoms in total. The van der Waals surface area contributed by atoms with Crippen LogP contribution >= 0.6 is 0 Å². The number of carbonyl (C=O) groups is 1. The van der Waals surface area contributed by atoms with Gasteiger partial charge in [-0.2, -0.15) is 0 Å². The van der Waals surface area contributed by atoms with E-state index >= 15 is 0 Å². The molecule has 1 atom stereocenters. The highest BCUT2D eigenvalue weighted by molar-refractivity contribution is 5.78. The summed E-state index contributed by atoms with van der Waals surface area (Å²) in [6, 6.07) is 11.4. The van der Waals surface area contributed by atoms with E-state index in [9.17, 15) is 4.79 Å². The molecular weight excluding hydrogens is 252 g/mol. The zero-order valence-electron chi connectivity index (χ0n) is 11.3. The molecule has 0 amide bonds. The number of benzene rings is 1. The Morgan fingerprint density at radius 3 is 2.85 bits per heavy atom. The van der Waals surface area contributed by atoms with Gasteiger partial charge >= 0.3 is 0 Å². The summed E-state index contributed by atoms with van der Waals surface area (Å²) in [5.41, 5.74) is 4.28. The zero-order valence-corrected chi connectivity index (χ0v) is 11.3. The van der Waals surface area contributed by atoms with E-state index in [1.165, 1.54) is 0 Å². The van der Waals surface area contributed by atoms with Gasteiger partial charge in [-0.1, -0.05) is 17.3 Å². The minimum Gasteiger partial charge on any atom is -0.302 e. The highest BCUT2D eigenvalue weighted by Gasteiger charge is 2.16. The van der Waals surface area contributed by atoms with Crippen molar-refractivity contribution in [1.29, 1.82) is 0 Å². The molecule has 1 unspecified atom stereocenters. The molecule has 0 saturated heterocycles. The van der Waals surface area contributed by atoms with Gasteiger partial charge in [0, 0.05) is 12.7 Å². The molecule has 0 spiro atoms. The smallest absolute Gasteiger partial charge is 0.133 e. The Bertz CT molecular complexity index is 778. The van der Waals surface area contributed by atoms with E-state index in [-0.39, 0.29) is 5.92 Å². The molecule has 100 valence electrons. The minimum absolute atomic E-state index is 0.366. The summed E-state index contributed by atoms with van der Waals surface area (Å²) in [4.78, 5) is 15.9. The Morgan fingerprint density at radius 1 is 1.25 bits per heavy atom. The van der Waals surface area contributed by atoms with Crippen molar-refractivity contribution in [2.45, 2.75) is 12.8 Å². The van der Waals surface area contributed by atoms with Crippen LogP contribution in [0.2, 0.25) is 0 Å². The molecule has 0 bridgehead atoms. The Hall–Kier alpha value is -2.56. The van der Waals surface area contributed by atoms with Gasteiger partial charge in [-0.05, 0) is 36.8 Å². The fourth-order valence-corrected chi connectivity index (χ4v) is 2.30. The topological polar surface area (TPSA) is 60.7 Å². The van der Waals surface area contributed by atoms with Crippen molar-refractivity contribution in [2.75, 3.05) is 0 Å². The van der Waals surface area contributed by atoms with Crippen LogP contribution in [0.3, 0.4) is 0 Å². The number of hydrogen-bond acceptors (Lipinski definition) is 4. The third kappa shape index (κ3) is 2.07. The fourth-order valence-electron chi connectivity index (χ4n) is 2.30. The summed E-state index contributed by atoms with van der Waals surface area (Å²) in [5.74, 6) is -0.366. The van der Waals surface area contributed by atoms with E-state index in [4.69, 9.17) is 0 Å². The normalized spacial score (nSPS) is 12.5. The maximum atomic E-state index is 11.5. The Labute approximate surface area is 116 Å². The summed E-state index contributed by atoms with van der Waals surface area (Å²) >= 11 is 0. The van der Waals surface area contributed by atoms with Crippen molar-refractivity contribution < 1.29 is 4.79 Å². The zero-order chi connectivity index (χ0) is 14.1. The maximum absolute atomic E-state index is 11.5. The second-order valence-corrected chi connectivity index (χ2v) is 4.78. The van der Waals surface area contributed by atoms with Crippen LogP contribution in [0.4, 0.5) is 0 Å². The first kappa shape index (κ1) is 12.5. The van der Waals surface area contributed by atoms with Gasteiger partial charge < -0.3 is 4.79 Å². The van der Waals surface area contributed by atoms with Crippen LogP contribution in [0.1, 0.15) is 22.9 Å². The number of aryl methyl sites for hydroxylation is 2. The van der Waals surface area contributed by atoms with E-state index in [2.05, 4.69) is 15.3 Å². The second kappa shape index (κ2) is 4.85. The van der Waals surface area contributed by atoms with Crippen LogP contribution in [0.15, 0.2) is 36.4 Å². The predicted molar refractivity (Wildman–Crippen MR) is 75.4 cm³/mol. The number of nitrogens with zero attached hydrogens (tertiary/aromatic N) is 4. The van der Waals surface area contributed by atoms with Gasteiger partial charge in [0.2, 0.25) is 0 Å². The van der Waals surface area contributed by atoms with Gasteiger partial charge in [0.05, 0.1) is 17.1 Å². The van der Waals surface area contributed by atoms with Crippen molar-refractivity contribution >= 4 is 17.3 Å². The van der Waals surface area contributed by atoms with Gasteiger partial charge in [0.1, 0.15) is 11.8 Å². The Kier molecular flexibility index (Phi) is 3.02. The standard InChI is InChI=1S/C15H14N4O/c1-10-4-3-5-13(16-10)12(9-20)11-6-7-14-15(8-11)19(2)18-17-14/h3-9,12H,1-2H3. The first-order chi connectivity index (χ1) is 9.69. The molecule has 0 fully saturated rings. The van der Waals surface area contributed by atoms with Gasteiger partial charge in [0.15, 0.2) is 0 Å². The maximum Gasteiger partial charge on any atom is 0.133 e. The highest BCUT2D eigenvalue weighted by Crippen LogP contribution is 2.24. The van der Waals surface area contributed by atoms with Crippen LogP contribution in [0.25, 0.3) is 11.0 Å². The van der Waals surface area contributed by atoms with E-state index in [1.807, 2.05) is 50.4 Å². The lowest BCUT2D eigenvalue weighted by Gasteiger charge is -2.11. The van der Waals surface area contributed by atoms with Crippen molar-refractivity contribution in [3.05, 3.63) is 53.3 Å². The third-order valence-electron chi connectivity index (χ3n) is 3.36. The van der Waals surface area contributed by atoms with Crippen molar-refractivity contribution in [1.82, 2.24) is 20.0 Å². The molecule has 3 rings (SSSR count). The Morgan fingerprint density at radius 2 is 2.10 bits per heavy atom. The summed E-state index contributed by atoms with van der Waals surface area (Å²) in [7, 11) is 1.83. The average molecular weight is 266 g/mol. The predicted octanol–water partition coefficient (Wildman–Crippen LogP) is 2.00. The fraction of sp³-hybridized carbons (Fsp3) is 0.200. The number of aromatic nitrogens is 4. The SMILES string of the molecule is Cc1cccc(C(C=O)c2ccc3nnn(C)c3c2)n1. The quantitative estimate of drug-likeness (QED) is 0.680. The molecule has 2 aromatic heterocycles. The minimum atomic E-state index is -0.366. The number of hydrogen-bond donors (Lipinski definition) is 0. The van der Waals surface area contributed by atoms with Gasteiger partial charge in [-0.15, -0.1) is 5.10 Å². The van der Waals surface area contributed by atoms with Gasteiger partial charge in [-0.25, -0.2) is 4.68 Å². The molecule has 0 aliphatic carbocycles. The number of fused-ring (bicyclic) bond motifs is 1. The van der Waals surface area contributed by atoms with Crippen LogP contribution in [0.5, 0.6) is 0 Å². The molecule has 0 radical (unpaired) electrons. The summed E-state index contributed by atoms with van der Waals surface area (Å²) in [5, 5.41) is 8.01. The van der Waals surface area contributed by atoms with Gasteiger partial charge in [0.25, 0.3) is 0 Å². The van der Waals surface area contributed by atoms with E-state index < -0.39 is 0 Å². The summed E-state index contributed by atoms with van der Waals surface area (Å²) in [6.45, 7) is 1.92.